The maximum atomic E-state index is 3.47. The highest BCUT2D eigenvalue weighted by Crippen LogP contribution is 2.34. The zero-order valence-electron chi connectivity index (χ0n) is 13.3. The number of rotatable bonds is 2. The molecule has 2 heteroatoms. The molecule has 0 aliphatic carbocycles. The van der Waals surface area contributed by atoms with Crippen molar-refractivity contribution in [3.05, 3.63) is 0 Å². The summed E-state index contributed by atoms with van der Waals surface area (Å²) in [6.45, 7) is 17.7. The standard InChI is InChI=1S/C14H28N2.C2H6/c1-14(2,3)13-5-8-16(9-6-13)11-12-4-7-15-10-12;1-2/h12-13,15H,4-11H2,1-3H3;1-2H3. The minimum Gasteiger partial charge on any atom is -0.316 e. The topological polar surface area (TPSA) is 15.3 Å². The second-order valence-electron chi connectivity index (χ2n) is 6.80. The Bertz CT molecular complexity index is 206. The summed E-state index contributed by atoms with van der Waals surface area (Å²) in [5, 5.41) is 3.47. The van der Waals surface area contributed by atoms with Crippen LogP contribution in [-0.4, -0.2) is 37.6 Å². The molecule has 0 bridgehead atoms. The van der Waals surface area contributed by atoms with E-state index < -0.39 is 0 Å². The second-order valence-corrected chi connectivity index (χ2v) is 6.80. The van der Waals surface area contributed by atoms with Crippen LogP contribution in [0.4, 0.5) is 0 Å². The van der Waals surface area contributed by atoms with E-state index in [2.05, 4.69) is 31.0 Å². The zero-order chi connectivity index (χ0) is 13.6. The number of nitrogens with zero attached hydrogens (tertiary/aromatic N) is 1. The molecule has 108 valence electrons. The van der Waals surface area contributed by atoms with E-state index >= 15 is 0 Å². The number of hydrogen-bond donors (Lipinski definition) is 1. The molecule has 2 fully saturated rings. The lowest BCUT2D eigenvalue weighted by Gasteiger charge is -2.39. The van der Waals surface area contributed by atoms with Crippen LogP contribution in [-0.2, 0) is 0 Å². The third kappa shape index (κ3) is 4.89. The monoisotopic (exact) mass is 254 g/mol. The van der Waals surface area contributed by atoms with E-state index in [1.165, 1.54) is 52.0 Å². The Hall–Kier alpha value is -0.0800. The van der Waals surface area contributed by atoms with Gasteiger partial charge in [-0.05, 0) is 62.7 Å². The lowest BCUT2D eigenvalue weighted by molar-refractivity contribution is 0.103. The molecule has 2 aliphatic heterocycles. The highest BCUT2D eigenvalue weighted by molar-refractivity contribution is 4.82. The molecule has 0 saturated carbocycles. The molecule has 2 nitrogen and oxygen atoms in total. The van der Waals surface area contributed by atoms with Gasteiger partial charge < -0.3 is 10.2 Å². The third-order valence-electron chi connectivity index (χ3n) is 4.49. The molecule has 0 amide bonds. The van der Waals surface area contributed by atoms with Gasteiger partial charge in [0.25, 0.3) is 0 Å². The van der Waals surface area contributed by atoms with Crippen molar-refractivity contribution in [1.29, 1.82) is 0 Å². The van der Waals surface area contributed by atoms with Crippen molar-refractivity contribution in [3.63, 3.8) is 0 Å². The van der Waals surface area contributed by atoms with Crippen LogP contribution in [0.3, 0.4) is 0 Å². The van der Waals surface area contributed by atoms with Gasteiger partial charge >= 0.3 is 0 Å². The molecule has 0 aromatic heterocycles. The normalized spacial score (nSPS) is 26.8. The quantitative estimate of drug-likeness (QED) is 0.812. The molecule has 2 saturated heterocycles. The van der Waals surface area contributed by atoms with Crippen molar-refractivity contribution < 1.29 is 0 Å². The molecule has 2 rings (SSSR count). The first-order chi connectivity index (χ1) is 8.55. The van der Waals surface area contributed by atoms with Gasteiger partial charge in [-0.2, -0.15) is 0 Å². The summed E-state index contributed by atoms with van der Waals surface area (Å²) >= 11 is 0. The molecule has 2 aliphatic rings. The van der Waals surface area contributed by atoms with Crippen LogP contribution in [0.1, 0.15) is 53.9 Å². The molecule has 18 heavy (non-hydrogen) atoms. The molecule has 1 N–H and O–H groups in total. The highest BCUT2D eigenvalue weighted by atomic mass is 15.1. The van der Waals surface area contributed by atoms with E-state index in [9.17, 15) is 0 Å². The maximum absolute atomic E-state index is 3.47. The first kappa shape index (κ1) is 16.0. The van der Waals surface area contributed by atoms with Crippen molar-refractivity contribution in [2.45, 2.75) is 53.9 Å². The summed E-state index contributed by atoms with van der Waals surface area (Å²) in [6.07, 6.45) is 4.20. The second kappa shape index (κ2) is 7.49. The summed E-state index contributed by atoms with van der Waals surface area (Å²) < 4.78 is 0. The molecule has 0 spiro atoms. The molecule has 1 atom stereocenters. The average molecular weight is 254 g/mol. The van der Waals surface area contributed by atoms with Crippen LogP contribution in [0.15, 0.2) is 0 Å². The van der Waals surface area contributed by atoms with Crippen LogP contribution in [0.25, 0.3) is 0 Å². The molecule has 0 aromatic carbocycles. The Kier molecular flexibility index (Phi) is 6.65. The fraction of sp³-hybridized carbons (Fsp3) is 1.00. The Morgan fingerprint density at radius 1 is 1.06 bits per heavy atom. The van der Waals surface area contributed by atoms with Gasteiger partial charge in [0, 0.05) is 6.54 Å². The molecule has 1 unspecified atom stereocenters. The first-order valence-corrected chi connectivity index (χ1v) is 7.99. The predicted molar refractivity (Wildman–Crippen MR) is 80.9 cm³/mol. The van der Waals surface area contributed by atoms with E-state index in [1.807, 2.05) is 13.8 Å². The van der Waals surface area contributed by atoms with Gasteiger partial charge in [-0.3, -0.25) is 0 Å². The number of nitrogens with one attached hydrogen (secondary N) is 1. The average Bonchev–Trinajstić information content (AvgIpc) is 2.84. The van der Waals surface area contributed by atoms with Gasteiger partial charge in [0.1, 0.15) is 0 Å². The lowest BCUT2D eigenvalue weighted by Crippen LogP contribution is -2.40. The predicted octanol–water partition coefficient (Wildman–Crippen LogP) is 3.38. The maximum Gasteiger partial charge on any atom is 0.00223 e. The van der Waals surface area contributed by atoms with Crippen LogP contribution in [0, 0.1) is 17.3 Å². The summed E-state index contributed by atoms with van der Waals surface area (Å²) in [7, 11) is 0. The summed E-state index contributed by atoms with van der Waals surface area (Å²) in [6, 6.07) is 0. The molecule has 0 radical (unpaired) electrons. The van der Waals surface area contributed by atoms with Crippen LogP contribution in [0.5, 0.6) is 0 Å². The van der Waals surface area contributed by atoms with Gasteiger partial charge in [-0.15, -0.1) is 0 Å². The van der Waals surface area contributed by atoms with E-state index in [0.717, 1.165) is 11.8 Å². The van der Waals surface area contributed by atoms with Gasteiger partial charge in [0.2, 0.25) is 0 Å². The summed E-state index contributed by atoms with van der Waals surface area (Å²) in [5.74, 6) is 1.86. The largest absolute Gasteiger partial charge is 0.316 e. The Morgan fingerprint density at radius 2 is 1.67 bits per heavy atom. The molecule has 0 aromatic rings. The highest BCUT2D eigenvalue weighted by Gasteiger charge is 2.29. The van der Waals surface area contributed by atoms with Gasteiger partial charge in [0.05, 0.1) is 0 Å². The SMILES string of the molecule is CC.CC(C)(C)C1CCN(CC2CCNC2)CC1. The van der Waals surface area contributed by atoms with Crippen molar-refractivity contribution in [2.75, 3.05) is 32.7 Å². The third-order valence-corrected chi connectivity index (χ3v) is 4.49. The molecule has 2 heterocycles. The van der Waals surface area contributed by atoms with Crippen molar-refractivity contribution in [1.82, 2.24) is 10.2 Å². The summed E-state index contributed by atoms with van der Waals surface area (Å²) in [4.78, 5) is 2.69. The first-order valence-electron chi connectivity index (χ1n) is 7.99. The fourth-order valence-electron chi connectivity index (χ4n) is 3.22. The van der Waals surface area contributed by atoms with Crippen LogP contribution < -0.4 is 5.32 Å². The van der Waals surface area contributed by atoms with Crippen LogP contribution >= 0.6 is 0 Å². The minimum atomic E-state index is 0.515. The Labute approximate surface area is 115 Å². The van der Waals surface area contributed by atoms with E-state index in [4.69, 9.17) is 0 Å². The number of piperidine rings is 1. The number of hydrogen-bond acceptors (Lipinski definition) is 2. The van der Waals surface area contributed by atoms with E-state index in [1.54, 1.807) is 0 Å². The lowest BCUT2D eigenvalue weighted by atomic mass is 9.75. The van der Waals surface area contributed by atoms with Crippen molar-refractivity contribution in [2.24, 2.45) is 17.3 Å². The number of likely N-dealkylation sites (tertiary alicyclic amines) is 1. The van der Waals surface area contributed by atoms with Crippen LogP contribution in [0.2, 0.25) is 0 Å². The molecular formula is C16H34N2. The van der Waals surface area contributed by atoms with Gasteiger partial charge in [0.15, 0.2) is 0 Å². The van der Waals surface area contributed by atoms with E-state index in [-0.39, 0.29) is 0 Å². The summed E-state index contributed by atoms with van der Waals surface area (Å²) in [5.41, 5.74) is 0.515. The molecular weight excluding hydrogens is 220 g/mol. The Morgan fingerprint density at radius 3 is 2.11 bits per heavy atom. The zero-order valence-corrected chi connectivity index (χ0v) is 13.3. The smallest absolute Gasteiger partial charge is 0.00223 e. The van der Waals surface area contributed by atoms with Gasteiger partial charge in [-0.25, -0.2) is 0 Å². The Balaban J connectivity index is 0.000000771. The van der Waals surface area contributed by atoms with Crippen molar-refractivity contribution in [3.8, 4) is 0 Å². The minimum absolute atomic E-state index is 0.515. The van der Waals surface area contributed by atoms with Gasteiger partial charge in [-0.1, -0.05) is 34.6 Å². The fourth-order valence-corrected chi connectivity index (χ4v) is 3.22. The van der Waals surface area contributed by atoms with Crippen molar-refractivity contribution >= 4 is 0 Å². The van der Waals surface area contributed by atoms with E-state index in [0.29, 0.717) is 5.41 Å².